The molecule has 2 unspecified atom stereocenters. The van der Waals surface area contributed by atoms with E-state index in [4.69, 9.17) is 22.1 Å². The molecule has 1 saturated heterocycles. The minimum absolute atomic E-state index is 0.0191. The van der Waals surface area contributed by atoms with Crippen LogP contribution < -0.4 is 5.73 Å². The lowest BCUT2D eigenvalue weighted by Gasteiger charge is -2.14. The second-order valence-corrected chi connectivity index (χ2v) is 5.65. The number of rotatable bonds is 6. The van der Waals surface area contributed by atoms with Crippen LogP contribution in [0.2, 0.25) is 5.02 Å². The SMILES string of the molecule is NC(CCCC1CCCO1)Cc1cccc(Cl)c1F. The van der Waals surface area contributed by atoms with Crippen molar-refractivity contribution in [2.24, 2.45) is 5.73 Å². The number of hydrogen-bond acceptors (Lipinski definition) is 2. The molecule has 0 bridgehead atoms. The predicted octanol–water partition coefficient (Wildman–Crippen LogP) is 3.70. The van der Waals surface area contributed by atoms with Crippen molar-refractivity contribution >= 4 is 11.6 Å². The zero-order valence-corrected chi connectivity index (χ0v) is 11.8. The molecule has 1 heterocycles. The number of nitrogens with two attached hydrogens (primary N) is 1. The van der Waals surface area contributed by atoms with Gasteiger partial charge >= 0.3 is 0 Å². The van der Waals surface area contributed by atoms with Gasteiger partial charge in [0.1, 0.15) is 5.82 Å². The molecule has 0 aliphatic carbocycles. The quantitative estimate of drug-likeness (QED) is 0.865. The molecule has 4 heteroatoms. The maximum atomic E-state index is 13.7. The van der Waals surface area contributed by atoms with Gasteiger partial charge in [0, 0.05) is 12.6 Å². The van der Waals surface area contributed by atoms with E-state index in [9.17, 15) is 4.39 Å². The largest absolute Gasteiger partial charge is 0.378 e. The highest BCUT2D eigenvalue weighted by Crippen LogP contribution is 2.21. The van der Waals surface area contributed by atoms with Gasteiger partial charge in [-0.05, 0) is 50.2 Å². The Hall–Kier alpha value is -0.640. The third kappa shape index (κ3) is 4.44. The van der Waals surface area contributed by atoms with E-state index in [1.165, 1.54) is 6.42 Å². The normalized spacial score (nSPS) is 20.7. The van der Waals surface area contributed by atoms with Crippen molar-refractivity contribution in [2.45, 2.75) is 50.7 Å². The van der Waals surface area contributed by atoms with Crippen molar-refractivity contribution in [3.8, 4) is 0 Å². The fourth-order valence-corrected chi connectivity index (χ4v) is 2.76. The van der Waals surface area contributed by atoms with E-state index in [0.717, 1.165) is 32.3 Å². The van der Waals surface area contributed by atoms with Crippen molar-refractivity contribution < 1.29 is 9.13 Å². The number of hydrogen-bond donors (Lipinski definition) is 1. The van der Waals surface area contributed by atoms with Gasteiger partial charge in [-0.1, -0.05) is 23.7 Å². The summed E-state index contributed by atoms with van der Waals surface area (Å²) in [5, 5.41) is 0.170. The third-order valence-corrected chi connectivity index (χ3v) is 3.93. The van der Waals surface area contributed by atoms with E-state index in [1.54, 1.807) is 18.2 Å². The Balaban J connectivity index is 1.74. The highest BCUT2D eigenvalue weighted by atomic mass is 35.5. The molecule has 2 N–H and O–H groups in total. The van der Waals surface area contributed by atoms with Crippen molar-refractivity contribution in [2.75, 3.05) is 6.61 Å². The van der Waals surface area contributed by atoms with Crippen LogP contribution >= 0.6 is 11.6 Å². The van der Waals surface area contributed by atoms with Crippen LogP contribution in [0.4, 0.5) is 4.39 Å². The molecule has 2 atom stereocenters. The Labute approximate surface area is 119 Å². The fraction of sp³-hybridized carbons (Fsp3) is 0.600. The van der Waals surface area contributed by atoms with Crippen LogP contribution in [0.15, 0.2) is 18.2 Å². The van der Waals surface area contributed by atoms with Gasteiger partial charge in [-0.2, -0.15) is 0 Å². The Morgan fingerprint density at radius 2 is 2.32 bits per heavy atom. The van der Waals surface area contributed by atoms with Gasteiger partial charge in [-0.25, -0.2) is 4.39 Å². The Kier molecular flexibility index (Phi) is 5.61. The molecule has 0 amide bonds. The second kappa shape index (κ2) is 7.22. The predicted molar refractivity (Wildman–Crippen MR) is 75.9 cm³/mol. The van der Waals surface area contributed by atoms with Gasteiger partial charge in [0.2, 0.25) is 0 Å². The standard InChI is InChI=1S/C15H21ClFNO/c16-14-8-1-4-11(15(14)17)10-12(18)5-2-6-13-7-3-9-19-13/h1,4,8,12-13H,2-3,5-7,9-10,18H2. The lowest BCUT2D eigenvalue weighted by molar-refractivity contribution is 0.101. The summed E-state index contributed by atoms with van der Waals surface area (Å²) in [5.41, 5.74) is 6.67. The first kappa shape index (κ1) is 14.8. The van der Waals surface area contributed by atoms with Crippen LogP contribution in [0, 0.1) is 5.82 Å². The van der Waals surface area contributed by atoms with E-state index in [2.05, 4.69) is 0 Å². The summed E-state index contributed by atoms with van der Waals surface area (Å²) in [5.74, 6) is -0.334. The molecule has 2 nitrogen and oxygen atoms in total. The summed E-state index contributed by atoms with van der Waals surface area (Å²) in [6.07, 6.45) is 6.28. The van der Waals surface area contributed by atoms with Crippen LogP contribution in [-0.4, -0.2) is 18.8 Å². The fourth-order valence-electron chi connectivity index (χ4n) is 2.57. The third-order valence-electron chi connectivity index (χ3n) is 3.64. The molecule has 1 aliphatic heterocycles. The molecule has 0 radical (unpaired) electrons. The highest BCUT2D eigenvalue weighted by molar-refractivity contribution is 6.30. The average Bonchev–Trinajstić information content (AvgIpc) is 2.88. The monoisotopic (exact) mass is 285 g/mol. The maximum absolute atomic E-state index is 13.7. The van der Waals surface area contributed by atoms with Gasteiger partial charge in [-0.15, -0.1) is 0 Å². The van der Waals surface area contributed by atoms with E-state index in [0.29, 0.717) is 18.1 Å². The molecular weight excluding hydrogens is 265 g/mol. The Morgan fingerprint density at radius 3 is 3.05 bits per heavy atom. The van der Waals surface area contributed by atoms with Gasteiger partial charge in [-0.3, -0.25) is 0 Å². The molecule has 0 saturated carbocycles. The first-order chi connectivity index (χ1) is 9.16. The Morgan fingerprint density at radius 1 is 1.47 bits per heavy atom. The van der Waals surface area contributed by atoms with Crippen LogP contribution in [-0.2, 0) is 11.2 Å². The van der Waals surface area contributed by atoms with E-state index >= 15 is 0 Å². The topological polar surface area (TPSA) is 35.2 Å². The zero-order chi connectivity index (χ0) is 13.7. The number of halogens is 2. The van der Waals surface area contributed by atoms with Gasteiger partial charge in [0.25, 0.3) is 0 Å². The number of benzene rings is 1. The van der Waals surface area contributed by atoms with Gasteiger partial charge in [0.05, 0.1) is 11.1 Å². The zero-order valence-electron chi connectivity index (χ0n) is 11.1. The van der Waals surface area contributed by atoms with E-state index in [1.807, 2.05) is 0 Å². The van der Waals surface area contributed by atoms with E-state index in [-0.39, 0.29) is 16.9 Å². The summed E-state index contributed by atoms with van der Waals surface area (Å²) in [4.78, 5) is 0. The summed E-state index contributed by atoms with van der Waals surface area (Å²) >= 11 is 5.76. The molecule has 19 heavy (non-hydrogen) atoms. The van der Waals surface area contributed by atoms with Crippen molar-refractivity contribution in [1.82, 2.24) is 0 Å². The molecule has 2 rings (SSSR count). The summed E-state index contributed by atoms with van der Waals surface area (Å²) in [6, 6.07) is 5.05. The van der Waals surface area contributed by atoms with Gasteiger partial charge < -0.3 is 10.5 Å². The van der Waals surface area contributed by atoms with Crippen molar-refractivity contribution in [3.63, 3.8) is 0 Å². The lowest BCUT2D eigenvalue weighted by Crippen LogP contribution is -2.23. The highest BCUT2D eigenvalue weighted by Gasteiger charge is 2.16. The average molecular weight is 286 g/mol. The second-order valence-electron chi connectivity index (χ2n) is 5.24. The molecular formula is C15H21ClFNO. The summed E-state index contributed by atoms with van der Waals surface area (Å²) in [7, 11) is 0. The Bertz CT molecular complexity index is 407. The number of ether oxygens (including phenoxy) is 1. The molecule has 1 aromatic rings. The molecule has 1 aromatic carbocycles. The van der Waals surface area contributed by atoms with E-state index < -0.39 is 0 Å². The molecule has 106 valence electrons. The smallest absolute Gasteiger partial charge is 0.145 e. The molecule has 1 fully saturated rings. The van der Waals surface area contributed by atoms with Crippen molar-refractivity contribution in [1.29, 1.82) is 0 Å². The minimum atomic E-state index is -0.334. The van der Waals surface area contributed by atoms with Crippen molar-refractivity contribution in [3.05, 3.63) is 34.6 Å². The summed E-state index contributed by atoms with van der Waals surface area (Å²) < 4.78 is 19.3. The van der Waals surface area contributed by atoms with Crippen LogP contribution in [0.5, 0.6) is 0 Å². The van der Waals surface area contributed by atoms with Crippen LogP contribution in [0.1, 0.15) is 37.7 Å². The van der Waals surface area contributed by atoms with Crippen LogP contribution in [0.25, 0.3) is 0 Å². The lowest BCUT2D eigenvalue weighted by atomic mass is 10.00. The first-order valence-corrected chi connectivity index (χ1v) is 7.34. The molecule has 0 spiro atoms. The first-order valence-electron chi connectivity index (χ1n) is 6.97. The minimum Gasteiger partial charge on any atom is -0.378 e. The van der Waals surface area contributed by atoms with Gasteiger partial charge in [0.15, 0.2) is 0 Å². The summed E-state index contributed by atoms with van der Waals surface area (Å²) in [6.45, 7) is 0.893. The molecule has 0 aromatic heterocycles. The maximum Gasteiger partial charge on any atom is 0.145 e. The van der Waals surface area contributed by atoms with Crippen LogP contribution in [0.3, 0.4) is 0 Å². The molecule has 1 aliphatic rings.